The summed E-state index contributed by atoms with van der Waals surface area (Å²) >= 11 is 1.64. The first-order valence-electron chi connectivity index (χ1n) is 11.8. The van der Waals surface area contributed by atoms with Crippen LogP contribution in [0.3, 0.4) is 0 Å². The van der Waals surface area contributed by atoms with Crippen LogP contribution in [0.2, 0.25) is 0 Å². The number of aromatic nitrogens is 3. The van der Waals surface area contributed by atoms with E-state index < -0.39 is 0 Å². The van der Waals surface area contributed by atoms with Gasteiger partial charge in [-0.15, -0.1) is 10.2 Å². The Hall–Kier alpha value is -2.68. The number of carbonyl (C=O) groups is 2. The fourth-order valence-electron chi connectivity index (χ4n) is 4.53. The molecule has 1 aromatic carbocycles. The van der Waals surface area contributed by atoms with Crippen molar-refractivity contribution in [3.05, 3.63) is 41.7 Å². The Balaban J connectivity index is 1.18. The molecule has 2 heterocycles. The van der Waals surface area contributed by atoms with E-state index in [2.05, 4.69) is 25.2 Å². The van der Waals surface area contributed by atoms with Crippen LogP contribution in [0.5, 0.6) is 0 Å². The van der Waals surface area contributed by atoms with Gasteiger partial charge in [-0.25, -0.2) is 5.01 Å². The van der Waals surface area contributed by atoms with E-state index >= 15 is 0 Å². The molecule has 2 amide bonds. The number of aryl methyl sites for hydroxylation is 1. The first-order valence-corrected chi connectivity index (χ1v) is 13.1. The van der Waals surface area contributed by atoms with E-state index in [1.54, 1.807) is 11.8 Å². The van der Waals surface area contributed by atoms with Crippen LogP contribution in [0.25, 0.3) is 0 Å². The zero-order valence-electron chi connectivity index (χ0n) is 19.2. The molecule has 0 saturated heterocycles. The van der Waals surface area contributed by atoms with Gasteiger partial charge in [0.2, 0.25) is 11.8 Å². The van der Waals surface area contributed by atoms with Crippen molar-refractivity contribution in [1.29, 1.82) is 0 Å². The molecule has 0 unspecified atom stereocenters. The molecule has 176 valence electrons. The van der Waals surface area contributed by atoms with Crippen molar-refractivity contribution < 1.29 is 9.59 Å². The van der Waals surface area contributed by atoms with Crippen molar-refractivity contribution in [2.45, 2.75) is 69.0 Å². The maximum absolute atomic E-state index is 12.5. The number of amides is 2. The molecular formula is C24H32N6O2S. The van der Waals surface area contributed by atoms with Crippen LogP contribution >= 0.6 is 11.8 Å². The van der Waals surface area contributed by atoms with Gasteiger partial charge in [-0.2, -0.15) is 5.10 Å². The summed E-state index contributed by atoms with van der Waals surface area (Å²) in [6, 6.07) is 10.4. The molecule has 2 aromatic rings. The SMILES string of the molecule is CSc1nnc(CCCNC(=O)CCC(=O)N2CCC(c3ccccc3)=N2)n1C1CCCC1. The number of carbonyl (C=O) groups excluding carboxylic acids is 2. The normalized spacial score (nSPS) is 16.3. The van der Waals surface area contributed by atoms with E-state index in [-0.39, 0.29) is 24.7 Å². The van der Waals surface area contributed by atoms with Crippen LogP contribution in [0.1, 0.15) is 68.8 Å². The average Bonchev–Trinajstić information content (AvgIpc) is 3.61. The Morgan fingerprint density at radius 3 is 2.67 bits per heavy atom. The van der Waals surface area contributed by atoms with Gasteiger partial charge in [-0.05, 0) is 31.1 Å². The van der Waals surface area contributed by atoms with Crippen molar-refractivity contribution in [2.75, 3.05) is 19.3 Å². The first-order chi connectivity index (χ1) is 16.2. The minimum Gasteiger partial charge on any atom is -0.356 e. The van der Waals surface area contributed by atoms with E-state index in [0.29, 0.717) is 19.1 Å². The number of nitrogens with zero attached hydrogens (tertiary/aromatic N) is 5. The fraction of sp³-hybridized carbons (Fsp3) is 0.542. The summed E-state index contributed by atoms with van der Waals surface area (Å²) in [6.07, 6.45) is 9.63. The number of hydrazone groups is 1. The maximum atomic E-state index is 12.5. The topological polar surface area (TPSA) is 92.5 Å². The monoisotopic (exact) mass is 468 g/mol. The number of thioether (sulfide) groups is 1. The fourth-order valence-corrected chi connectivity index (χ4v) is 5.10. The Kier molecular flexibility index (Phi) is 8.15. The number of benzene rings is 1. The summed E-state index contributed by atoms with van der Waals surface area (Å²) in [6.45, 7) is 1.14. The molecule has 2 aliphatic rings. The van der Waals surface area contributed by atoms with Crippen molar-refractivity contribution in [3.63, 3.8) is 0 Å². The van der Waals surface area contributed by atoms with Gasteiger partial charge in [0.1, 0.15) is 5.82 Å². The highest BCUT2D eigenvalue weighted by Gasteiger charge is 2.24. The van der Waals surface area contributed by atoms with Crippen molar-refractivity contribution in [1.82, 2.24) is 25.1 Å². The van der Waals surface area contributed by atoms with Gasteiger partial charge >= 0.3 is 0 Å². The smallest absolute Gasteiger partial charge is 0.243 e. The summed E-state index contributed by atoms with van der Waals surface area (Å²) < 4.78 is 2.30. The molecule has 0 bridgehead atoms. The number of rotatable bonds is 10. The number of hydrogen-bond acceptors (Lipinski definition) is 6. The molecule has 1 aliphatic heterocycles. The van der Waals surface area contributed by atoms with Crippen LogP contribution in [-0.4, -0.2) is 56.6 Å². The van der Waals surface area contributed by atoms with Gasteiger partial charge in [0.25, 0.3) is 0 Å². The van der Waals surface area contributed by atoms with Crippen LogP contribution < -0.4 is 5.32 Å². The lowest BCUT2D eigenvalue weighted by atomic mass is 10.1. The van der Waals surface area contributed by atoms with Crippen molar-refractivity contribution >= 4 is 29.3 Å². The summed E-state index contributed by atoms with van der Waals surface area (Å²) in [7, 11) is 0. The lowest BCUT2D eigenvalue weighted by molar-refractivity contribution is -0.133. The molecule has 1 N–H and O–H groups in total. The lowest BCUT2D eigenvalue weighted by Crippen LogP contribution is -2.28. The molecule has 0 atom stereocenters. The Bertz CT molecular complexity index is 984. The first kappa shape index (κ1) is 23.5. The second-order valence-electron chi connectivity index (χ2n) is 8.54. The lowest BCUT2D eigenvalue weighted by Gasteiger charge is -2.16. The van der Waals surface area contributed by atoms with E-state index in [4.69, 9.17) is 0 Å². The molecule has 4 rings (SSSR count). The summed E-state index contributed by atoms with van der Waals surface area (Å²) in [5.74, 6) is 0.805. The molecule has 1 fully saturated rings. The van der Waals surface area contributed by atoms with Crippen molar-refractivity contribution in [3.8, 4) is 0 Å². The predicted molar refractivity (Wildman–Crippen MR) is 129 cm³/mol. The van der Waals surface area contributed by atoms with Gasteiger partial charge < -0.3 is 9.88 Å². The molecule has 8 nitrogen and oxygen atoms in total. The van der Waals surface area contributed by atoms with Crippen LogP contribution in [0.15, 0.2) is 40.6 Å². The highest BCUT2D eigenvalue weighted by atomic mass is 32.2. The standard InChI is InChI=1S/C24H32N6O2S/c1-33-24-27-26-21(30(24)19-10-5-6-11-19)12-7-16-25-22(31)13-14-23(32)29-17-15-20(28-29)18-8-3-2-4-9-18/h2-4,8-9,19H,5-7,10-17H2,1H3,(H,25,31). The second-order valence-corrected chi connectivity index (χ2v) is 9.32. The Morgan fingerprint density at radius 2 is 1.91 bits per heavy atom. The maximum Gasteiger partial charge on any atom is 0.243 e. The van der Waals surface area contributed by atoms with Gasteiger partial charge in [-0.3, -0.25) is 9.59 Å². The van der Waals surface area contributed by atoms with Crippen LogP contribution in [0.4, 0.5) is 0 Å². The van der Waals surface area contributed by atoms with E-state index in [0.717, 1.165) is 41.5 Å². The molecule has 9 heteroatoms. The zero-order chi connectivity index (χ0) is 23.0. The van der Waals surface area contributed by atoms with Gasteiger partial charge in [-0.1, -0.05) is 54.9 Å². The molecule has 0 spiro atoms. The third kappa shape index (κ3) is 6.01. The van der Waals surface area contributed by atoms with Crippen LogP contribution in [-0.2, 0) is 16.0 Å². The third-order valence-electron chi connectivity index (χ3n) is 6.27. The van der Waals surface area contributed by atoms with Gasteiger partial charge in [0.15, 0.2) is 5.16 Å². The van der Waals surface area contributed by atoms with E-state index in [1.807, 2.05) is 36.6 Å². The Morgan fingerprint density at radius 1 is 1.12 bits per heavy atom. The summed E-state index contributed by atoms with van der Waals surface area (Å²) in [5, 5.41) is 18.6. The molecule has 1 aliphatic carbocycles. The van der Waals surface area contributed by atoms with Gasteiger partial charge in [0.05, 0.1) is 12.3 Å². The molecule has 1 aromatic heterocycles. The molecule has 0 radical (unpaired) electrons. The average molecular weight is 469 g/mol. The minimum absolute atomic E-state index is 0.100. The third-order valence-corrected chi connectivity index (χ3v) is 6.91. The predicted octanol–water partition coefficient (Wildman–Crippen LogP) is 3.58. The van der Waals surface area contributed by atoms with E-state index in [1.165, 1.54) is 30.7 Å². The number of hydrogen-bond donors (Lipinski definition) is 1. The Labute approximate surface area is 199 Å². The zero-order valence-corrected chi connectivity index (χ0v) is 20.0. The largest absolute Gasteiger partial charge is 0.356 e. The molecular weight excluding hydrogens is 436 g/mol. The highest BCUT2D eigenvalue weighted by Crippen LogP contribution is 2.33. The van der Waals surface area contributed by atoms with Gasteiger partial charge in [0, 0.05) is 38.3 Å². The van der Waals surface area contributed by atoms with E-state index in [9.17, 15) is 9.59 Å². The second kappa shape index (κ2) is 11.4. The summed E-state index contributed by atoms with van der Waals surface area (Å²) in [5.41, 5.74) is 1.96. The van der Waals surface area contributed by atoms with Crippen molar-refractivity contribution in [2.24, 2.45) is 5.10 Å². The number of nitrogens with one attached hydrogen (secondary N) is 1. The summed E-state index contributed by atoms with van der Waals surface area (Å²) in [4.78, 5) is 24.7. The molecule has 33 heavy (non-hydrogen) atoms. The quantitative estimate of drug-likeness (QED) is 0.425. The highest BCUT2D eigenvalue weighted by molar-refractivity contribution is 7.98. The molecule has 1 saturated carbocycles. The van der Waals surface area contributed by atoms with Crippen LogP contribution in [0, 0.1) is 0 Å². The minimum atomic E-state index is -0.106.